The largest absolute Gasteiger partial charge is 0.508 e. The van der Waals surface area contributed by atoms with Gasteiger partial charge >= 0.3 is 0 Å². The molecule has 0 aliphatic rings. The van der Waals surface area contributed by atoms with Crippen molar-refractivity contribution in [2.75, 3.05) is 6.61 Å². The second-order valence-electron chi connectivity index (χ2n) is 5.13. The summed E-state index contributed by atoms with van der Waals surface area (Å²) in [7, 11) is 0. The molecule has 0 radical (unpaired) electrons. The van der Waals surface area contributed by atoms with Gasteiger partial charge in [0.05, 0.1) is 12.8 Å². The Morgan fingerprint density at radius 1 is 1.27 bits per heavy atom. The fourth-order valence-electron chi connectivity index (χ4n) is 2.17. The lowest BCUT2D eigenvalue weighted by Gasteiger charge is -2.15. The molecule has 1 atom stereocenters. The summed E-state index contributed by atoms with van der Waals surface area (Å²) in [5, 5.41) is 31.1. The van der Waals surface area contributed by atoms with Crippen LogP contribution in [0.3, 0.4) is 0 Å². The van der Waals surface area contributed by atoms with Crippen molar-refractivity contribution in [3.8, 4) is 11.5 Å². The zero-order valence-corrected chi connectivity index (χ0v) is 12.0. The molecule has 1 heterocycles. The Kier molecular flexibility index (Phi) is 5.43. The third-order valence-electron chi connectivity index (χ3n) is 3.35. The van der Waals surface area contributed by atoms with Crippen LogP contribution >= 0.6 is 0 Å². The van der Waals surface area contributed by atoms with Gasteiger partial charge in [0.15, 0.2) is 0 Å². The molecular formula is C16H19NO5. The van der Waals surface area contributed by atoms with E-state index in [1.54, 1.807) is 18.2 Å². The molecule has 2 rings (SSSR count). The summed E-state index contributed by atoms with van der Waals surface area (Å²) in [6, 6.07) is 7.78. The summed E-state index contributed by atoms with van der Waals surface area (Å²) in [4.78, 5) is 11.9. The molecule has 4 N–H and O–H groups in total. The second-order valence-corrected chi connectivity index (χ2v) is 5.13. The SMILES string of the molecule is O=C(CC(CO)Cc1ccc(O)cc1O)NCc1ccco1. The fourth-order valence-corrected chi connectivity index (χ4v) is 2.17. The van der Waals surface area contributed by atoms with Crippen molar-refractivity contribution in [1.82, 2.24) is 5.32 Å². The number of amides is 1. The van der Waals surface area contributed by atoms with Crippen LogP contribution in [0.5, 0.6) is 11.5 Å². The lowest BCUT2D eigenvalue weighted by Crippen LogP contribution is -2.26. The summed E-state index contributed by atoms with van der Waals surface area (Å²) in [5.41, 5.74) is 0.579. The summed E-state index contributed by atoms with van der Waals surface area (Å²) < 4.78 is 5.12. The molecule has 1 aromatic carbocycles. The van der Waals surface area contributed by atoms with Crippen LogP contribution in [-0.2, 0) is 17.8 Å². The van der Waals surface area contributed by atoms with Crippen molar-refractivity contribution in [1.29, 1.82) is 0 Å². The van der Waals surface area contributed by atoms with E-state index in [2.05, 4.69) is 5.32 Å². The van der Waals surface area contributed by atoms with Gasteiger partial charge in [-0.2, -0.15) is 0 Å². The number of nitrogens with one attached hydrogen (secondary N) is 1. The number of aliphatic hydroxyl groups excluding tert-OH is 1. The maximum absolute atomic E-state index is 11.9. The minimum Gasteiger partial charge on any atom is -0.508 e. The highest BCUT2D eigenvalue weighted by molar-refractivity contribution is 5.76. The van der Waals surface area contributed by atoms with Gasteiger partial charge in [0.1, 0.15) is 17.3 Å². The topological polar surface area (TPSA) is 103 Å². The third kappa shape index (κ3) is 4.53. The monoisotopic (exact) mass is 305 g/mol. The van der Waals surface area contributed by atoms with Crippen molar-refractivity contribution >= 4 is 5.91 Å². The minimum absolute atomic E-state index is 0.0296. The molecule has 0 fully saturated rings. The lowest BCUT2D eigenvalue weighted by atomic mass is 9.96. The maximum atomic E-state index is 11.9. The first kappa shape index (κ1) is 15.9. The second kappa shape index (κ2) is 7.51. The van der Waals surface area contributed by atoms with Crippen LogP contribution in [0.2, 0.25) is 0 Å². The van der Waals surface area contributed by atoms with E-state index >= 15 is 0 Å². The fraction of sp³-hybridized carbons (Fsp3) is 0.312. The average molecular weight is 305 g/mol. The Morgan fingerprint density at radius 2 is 2.09 bits per heavy atom. The highest BCUT2D eigenvalue weighted by Crippen LogP contribution is 2.25. The average Bonchev–Trinajstić information content (AvgIpc) is 3.00. The standard InChI is InChI=1S/C16H19NO5/c18-10-11(6-12-3-4-13(19)8-15(12)20)7-16(21)17-9-14-2-1-5-22-14/h1-5,8,11,18-20H,6-7,9-10H2,(H,17,21). The van der Waals surface area contributed by atoms with Gasteiger partial charge in [0, 0.05) is 19.1 Å². The number of aliphatic hydroxyl groups is 1. The molecule has 0 bridgehead atoms. The molecule has 1 amide bonds. The molecule has 0 aliphatic carbocycles. The predicted octanol–water partition coefficient (Wildman–Crippen LogP) is 1.55. The quantitative estimate of drug-likeness (QED) is 0.621. The van der Waals surface area contributed by atoms with Crippen LogP contribution in [-0.4, -0.2) is 27.8 Å². The van der Waals surface area contributed by atoms with Gasteiger partial charge in [-0.25, -0.2) is 0 Å². The van der Waals surface area contributed by atoms with E-state index in [4.69, 9.17) is 4.42 Å². The molecule has 0 saturated carbocycles. The summed E-state index contributed by atoms with van der Waals surface area (Å²) in [5.74, 6) is 0.0678. The summed E-state index contributed by atoms with van der Waals surface area (Å²) >= 11 is 0. The molecule has 1 aromatic heterocycles. The van der Waals surface area contributed by atoms with Crippen molar-refractivity contribution in [3.63, 3.8) is 0 Å². The van der Waals surface area contributed by atoms with Crippen LogP contribution in [0.1, 0.15) is 17.7 Å². The van der Waals surface area contributed by atoms with Crippen molar-refractivity contribution in [2.24, 2.45) is 5.92 Å². The van der Waals surface area contributed by atoms with E-state index in [-0.39, 0.29) is 36.4 Å². The van der Waals surface area contributed by atoms with Crippen LogP contribution in [0.25, 0.3) is 0 Å². The first-order valence-corrected chi connectivity index (χ1v) is 6.99. The zero-order valence-electron chi connectivity index (χ0n) is 12.0. The van der Waals surface area contributed by atoms with E-state index in [0.717, 1.165) is 0 Å². The molecule has 1 unspecified atom stereocenters. The van der Waals surface area contributed by atoms with E-state index in [9.17, 15) is 20.1 Å². The molecule has 118 valence electrons. The molecule has 2 aromatic rings. The number of hydrogen-bond acceptors (Lipinski definition) is 5. The van der Waals surface area contributed by atoms with E-state index in [1.165, 1.54) is 18.4 Å². The first-order valence-electron chi connectivity index (χ1n) is 6.99. The molecular weight excluding hydrogens is 286 g/mol. The van der Waals surface area contributed by atoms with Crippen LogP contribution in [0.15, 0.2) is 41.0 Å². The number of furan rings is 1. The minimum atomic E-state index is -0.313. The molecule has 0 spiro atoms. The van der Waals surface area contributed by atoms with Crippen molar-refractivity contribution < 1.29 is 24.5 Å². The highest BCUT2D eigenvalue weighted by Gasteiger charge is 2.16. The normalized spacial score (nSPS) is 12.0. The third-order valence-corrected chi connectivity index (χ3v) is 3.35. The van der Waals surface area contributed by atoms with Gasteiger partial charge in [-0.15, -0.1) is 0 Å². The highest BCUT2D eigenvalue weighted by atomic mass is 16.3. The number of hydrogen-bond donors (Lipinski definition) is 4. The Bertz CT molecular complexity index is 609. The van der Waals surface area contributed by atoms with Gasteiger partial charge in [0.25, 0.3) is 0 Å². The number of aromatic hydroxyl groups is 2. The Morgan fingerprint density at radius 3 is 2.73 bits per heavy atom. The number of phenols is 2. The van der Waals surface area contributed by atoms with Gasteiger partial charge < -0.3 is 25.1 Å². The molecule has 0 saturated heterocycles. The maximum Gasteiger partial charge on any atom is 0.220 e. The van der Waals surface area contributed by atoms with Crippen molar-refractivity contribution in [2.45, 2.75) is 19.4 Å². The predicted molar refractivity (Wildman–Crippen MR) is 79.2 cm³/mol. The van der Waals surface area contributed by atoms with Gasteiger partial charge in [-0.05, 0) is 36.1 Å². The molecule has 6 nitrogen and oxygen atoms in total. The smallest absolute Gasteiger partial charge is 0.220 e. The van der Waals surface area contributed by atoms with Gasteiger partial charge in [-0.3, -0.25) is 4.79 Å². The van der Waals surface area contributed by atoms with Gasteiger partial charge in [-0.1, -0.05) is 6.07 Å². The van der Waals surface area contributed by atoms with E-state index < -0.39 is 0 Å². The molecule has 0 aliphatic heterocycles. The summed E-state index contributed by atoms with van der Waals surface area (Å²) in [6.07, 6.45) is 2.01. The Hall–Kier alpha value is -2.47. The van der Waals surface area contributed by atoms with Crippen LogP contribution in [0.4, 0.5) is 0 Å². The Labute approximate surface area is 128 Å². The Balaban J connectivity index is 1.87. The van der Waals surface area contributed by atoms with E-state index in [1.807, 2.05) is 0 Å². The summed E-state index contributed by atoms with van der Waals surface area (Å²) in [6.45, 7) is 0.128. The van der Waals surface area contributed by atoms with Crippen molar-refractivity contribution in [3.05, 3.63) is 47.9 Å². The van der Waals surface area contributed by atoms with Crippen LogP contribution < -0.4 is 5.32 Å². The number of phenolic OH excluding ortho intramolecular Hbond substituents is 2. The number of carbonyl (C=O) groups is 1. The van der Waals surface area contributed by atoms with Gasteiger partial charge in [0.2, 0.25) is 5.91 Å². The lowest BCUT2D eigenvalue weighted by molar-refractivity contribution is -0.122. The zero-order chi connectivity index (χ0) is 15.9. The molecule has 6 heteroatoms. The first-order chi connectivity index (χ1) is 10.6. The molecule has 22 heavy (non-hydrogen) atoms. The van der Waals surface area contributed by atoms with E-state index in [0.29, 0.717) is 24.3 Å². The number of benzene rings is 1. The number of rotatable bonds is 7. The number of carbonyl (C=O) groups excluding carboxylic acids is 1. The van der Waals surface area contributed by atoms with Crippen LogP contribution in [0, 0.1) is 5.92 Å².